The molecule has 0 heterocycles. The predicted molar refractivity (Wildman–Crippen MR) is 74.9 cm³/mol. The van der Waals surface area contributed by atoms with E-state index in [1.165, 1.54) is 32.1 Å². The van der Waals surface area contributed by atoms with E-state index in [9.17, 15) is 9.59 Å². The molecule has 1 amide bonds. The molecule has 1 atom stereocenters. The van der Waals surface area contributed by atoms with Crippen LogP contribution in [0.1, 0.15) is 71.1 Å². The molecule has 0 aromatic carbocycles. The second-order valence-corrected chi connectivity index (χ2v) is 5.80. The average molecular weight is 269 g/mol. The third-order valence-corrected chi connectivity index (χ3v) is 3.94. The Kier molecular flexibility index (Phi) is 7.53. The van der Waals surface area contributed by atoms with Crippen molar-refractivity contribution in [3.05, 3.63) is 0 Å². The van der Waals surface area contributed by atoms with Crippen molar-refractivity contribution < 1.29 is 14.7 Å². The summed E-state index contributed by atoms with van der Waals surface area (Å²) in [7, 11) is 0. The summed E-state index contributed by atoms with van der Waals surface area (Å²) >= 11 is 0. The van der Waals surface area contributed by atoms with Crippen LogP contribution in [0, 0.1) is 5.92 Å². The molecular formula is C15H27NO3. The molecule has 0 aliphatic heterocycles. The first-order valence-electron chi connectivity index (χ1n) is 7.59. The molecule has 0 saturated heterocycles. The van der Waals surface area contributed by atoms with Gasteiger partial charge in [-0.15, -0.1) is 0 Å². The van der Waals surface area contributed by atoms with Gasteiger partial charge in [0.15, 0.2) is 0 Å². The molecule has 4 nitrogen and oxygen atoms in total. The molecule has 1 aliphatic carbocycles. The molecule has 1 fully saturated rings. The highest BCUT2D eigenvalue weighted by Gasteiger charge is 2.14. The van der Waals surface area contributed by atoms with Crippen LogP contribution in [-0.2, 0) is 9.59 Å². The Hall–Kier alpha value is -1.06. The minimum absolute atomic E-state index is 0.0433. The number of rotatable bonds is 8. The van der Waals surface area contributed by atoms with Crippen molar-refractivity contribution in [2.75, 3.05) is 0 Å². The van der Waals surface area contributed by atoms with Crippen LogP contribution in [0.3, 0.4) is 0 Å². The number of hydrogen-bond acceptors (Lipinski definition) is 2. The first-order valence-corrected chi connectivity index (χ1v) is 7.59. The summed E-state index contributed by atoms with van der Waals surface area (Å²) in [5.41, 5.74) is 0. The van der Waals surface area contributed by atoms with Gasteiger partial charge in [0.2, 0.25) is 5.91 Å². The molecule has 2 N–H and O–H groups in total. The van der Waals surface area contributed by atoms with Crippen LogP contribution in [0.25, 0.3) is 0 Å². The molecule has 4 heteroatoms. The second-order valence-electron chi connectivity index (χ2n) is 5.80. The first-order chi connectivity index (χ1) is 9.08. The summed E-state index contributed by atoms with van der Waals surface area (Å²) in [6.07, 6.45) is 10.1. The zero-order valence-electron chi connectivity index (χ0n) is 12.0. The summed E-state index contributed by atoms with van der Waals surface area (Å²) in [4.78, 5) is 22.1. The number of carbonyl (C=O) groups excluding carboxylic acids is 1. The van der Waals surface area contributed by atoms with Crippen LogP contribution in [-0.4, -0.2) is 23.0 Å². The monoisotopic (exact) mass is 269 g/mol. The Morgan fingerprint density at radius 3 is 2.53 bits per heavy atom. The van der Waals surface area contributed by atoms with Gasteiger partial charge in [0.25, 0.3) is 0 Å². The Labute approximate surface area is 116 Å². The fourth-order valence-corrected chi connectivity index (χ4v) is 2.79. The maximum absolute atomic E-state index is 11.7. The lowest BCUT2D eigenvalue weighted by atomic mass is 9.86. The second kappa shape index (κ2) is 8.94. The number of carbonyl (C=O) groups is 2. The van der Waals surface area contributed by atoms with Gasteiger partial charge in [-0.2, -0.15) is 0 Å². The van der Waals surface area contributed by atoms with Crippen LogP contribution < -0.4 is 5.32 Å². The number of nitrogens with one attached hydrogen (secondary N) is 1. The Bertz CT molecular complexity index is 285. The SMILES string of the molecule is CC(CCC(=O)O)NC(=O)CCCC1CCCCC1. The van der Waals surface area contributed by atoms with Crippen molar-refractivity contribution in [2.24, 2.45) is 5.92 Å². The van der Waals surface area contributed by atoms with Crippen LogP contribution in [0.5, 0.6) is 0 Å². The number of aliphatic carboxylic acids is 1. The van der Waals surface area contributed by atoms with Crippen molar-refractivity contribution in [2.45, 2.75) is 77.2 Å². The van der Waals surface area contributed by atoms with E-state index < -0.39 is 5.97 Å². The fraction of sp³-hybridized carbons (Fsp3) is 0.867. The van der Waals surface area contributed by atoms with Crippen LogP contribution in [0.2, 0.25) is 0 Å². The molecule has 1 saturated carbocycles. The minimum atomic E-state index is -0.807. The average Bonchev–Trinajstić information content (AvgIpc) is 2.37. The molecule has 1 aliphatic rings. The number of hydrogen-bond donors (Lipinski definition) is 2. The third kappa shape index (κ3) is 7.85. The number of carboxylic acid groups (broad SMARTS) is 1. The maximum atomic E-state index is 11.7. The first kappa shape index (κ1) is 16.0. The fourth-order valence-electron chi connectivity index (χ4n) is 2.79. The van der Waals surface area contributed by atoms with Crippen LogP contribution >= 0.6 is 0 Å². The molecule has 0 aromatic heterocycles. The van der Waals surface area contributed by atoms with Crippen LogP contribution in [0.4, 0.5) is 0 Å². The van der Waals surface area contributed by atoms with E-state index in [1.54, 1.807) is 0 Å². The Morgan fingerprint density at radius 2 is 1.89 bits per heavy atom. The largest absolute Gasteiger partial charge is 0.481 e. The summed E-state index contributed by atoms with van der Waals surface area (Å²) < 4.78 is 0. The zero-order valence-corrected chi connectivity index (χ0v) is 12.0. The molecule has 0 bridgehead atoms. The molecule has 110 valence electrons. The molecule has 1 unspecified atom stereocenters. The Balaban J connectivity index is 2.04. The van der Waals surface area contributed by atoms with Gasteiger partial charge in [0, 0.05) is 18.9 Å². The summed E-state index contributed by atoms with van der Waals surface area (Å²) in [5, 5.41) is 11.4. The molecule has 0 radical (unpaired) electrons. The van der Waals surface area contributed by atoms with E-state index in [-0.39, 0.29) is 18.4 Å². The highest BCUT2D eigenvalue weighted by atomic mass is 16.4. The van der Waals surface area contributed by atoms with Gasteiger partial charge in [0.05, 0.1) is 0 Å². The lowest BCUT2D eigenvalue weighted by molar-refractivity contribution is -0.137. The van der Waals surface area contributed by atoms with Crippen molar-refractivity contribution in [1.29, 1.82) is 0 Å². The zero-order chi connectivity index (χ0) is 14.1. The normalized spacial score (nSPS) is 17.9. The molecular weight excluding hydrogens is 242 g/mol. The number of amides is 1. The minimum Gasteiger partial charge on any atom is -0.481 e. The van der Waals surface area contributed by atoms with E-state index in [0.29, 0.717) is 12.8 Å². The van der Waals surface area contributed by atoms with Gasteiger partial charge in [-0.3, -0.25) is 9.59 Å². The van der Waals surface area contributed by atoms with E-state index in [2.05, 4.69) is 5.32 Å². The van der Waals surface area contributed by atoms with E-state index in [0.717, 1.165) is 18.8 Å². The summed E-state index contributed by atoms with van der Waals surface area (Å²) in [6.45, 7) is 1.86. The molecule has 1 rings (SSSR count). The van der Waals surface area contributed by atoms with E-state index >= 15 is 0 Å². The molecule has 19 heavy (non-hydrogen) atoms. The smallest absolute Gasteiger partial charge is 0.303 e. The quantitative estimate of drug-likeness (QED) is 0.711. The lowest BCUT2D eigenvalue weighted by Crippen LogP contribution is -2.32. The molecule has 0 spiro atoms. The van der Waals surface area contributed by atoms with Gasteiger partial charge in [-0.25, -0.2) is 0 Å². The van der Waals surface area contributed by atoms with Gasteiger partial charge < -0.3 is 10.4 Å². The van der Waals surface area contributed by atoms with Crippen LogP contribution in [0.15, 0.2) is 0 Å². The van der Waals surface area contributed by atoms with E-state index in [4.69, 9.17) is 5.11 Å². The lowest BCUT2D eigenvalue weighted by Gasteiger charge is -2.21. The predicted octanol–water partition coefficient (Wildman–Crippen LogP) is 3.11. The van der Waals surface area contributed by atoms with Gasteiger partial charge in [-0.1, -0.05) is 32.1 Å². The van der Waals surface area contributed by atoms with E-state index in [1.807, 2.05) is 6.92 Å². The van der Waals surface area contributed by atoms with Gasteiger partial charge >= 0.3 is 5.97 Å². The van der Waals surface area contributed by atoms with Crippen molar-refractivity contribution in [3.63, 3.8) is 0 Å². The topological polar surface area (TPSA) is 66.4 Å². The molecule has 0 aromatic rings. The third-order valence-electron chi connectivity index (χ3n) is 3.94. The Morgan fingerprint density at radius 1 is 1.21 bits per heavy atom. The summed E-state index contributed by atoms with van der Waals surface area (Å²) in [5.74, 6) is 0.0816. The number of carboxylic acids is 1. The van der Waals surface area contributed by atoms with Gasteiger partial charge in [0.1, 0.15) is 0 Å². The van der Waals surface area contributed by atoms with Crippen molar-refractivity contribution >= 4 is 11.9 Å². The maximum Gasteiger partial charge on any atom is 0.303 e. The highest BCUT2D eigenvalue weighted by Crippen LogP contribution is 2.27. The highest BCUT2D eigenvalue weighted by molar-refractivity contribution is 5.76. The van der Waals surface area contributed by atoms with Crippen molar-refractivity contribution in [1.82, 2.24) is 5.32 Å². The van der Waals surface area contributed by atoms with Crippen molar-refractivity contribution in [3.8, 4) is 0 Å². The standard InChI is InChI=1S/C15H27NO3/c1-12(10-11-15(18)19)16-14(17)9-5-8-13-6-3-2-4-7-13/h12-13H,2-11H2,1H3,(H,16,17)(H,18,19). The van der Waals surface area contributed by atoms with Gasteiger partial charge in [-0.05, 0) is 32.1 Å². The summed E-state index contributed by atoms with van der Waals surface area (Å²) in [6, 6.07) is -0.0433.